The van der Waals surface area contributed by atoms with E-state index in [9.17, 15) is 20.2 Å². The Hall–Kier alpha value is -2.96. The maximum absolute atomic E-state index is 13.1. The lowest BCUT2D eigenvalue weighted by atomic mass is 9.78. The lowest BCUT2D eigenvalue weighted by Gasteiger charge is -2.39. The monoisotopic (exact) mass is 498 g/mol. The predicted molar refractivity (Wildman–Crippen MR) is 123 cm³/mol. The van der Waals surface area contributed by atoms with E-state index in [-0.39, 0.29) is 22.9 Å². The second-order valence-electron chi connectivity index (χ2n) is 7.60. The molecule has 4 rings (SSSR count). The molecule has 1 aliphatic heterocycles. The van der Waals surface area contributed by atoms with Crippen molar-refractivity contribution < 1.29 is 9.72 Å². The van der Waals surface area contributed by atoms with Gasteiger partial charge in [0, 0.05) is 44.1 Å². The van der Waals surface area contributed by atoms with Gasteiger partial charge >= 0.3 is 0 Å². The van der Waals surface area contributed by atoms with E-state index in [4.69, 9.17) is 5.73 Å². The van der Waals surface area contributed by atoms with E-state index >= 15 is 0 Å². The number of non-ortho nitro benzene ring substituents is 1. The number of nitrogens with two attached hydrogens (primary N) is 1. The van der Waals surface area contributed by atoms with Crippen molar-refractivity contribution in [2.24, 2.45) is 5.73 Å². The van der Waals surface area contributed by atoms with Gasteiger partial charge in [-0.2, -0.15) is 5.26 Å². The van der Waals surface area contributed by atoms with Crippen LogP contribution in [-0.4, -0.2) is 10.7 Å². The molecule has 0 spiro atoms. The third-order valence-electron chi connectivity index (χ3n) is 5.72. The van der Waals surface area contributed by atoms with Crippen LogP contribution in [0.5, 0.6) is 0 Å². The molecule has 31 heavy (non-hydrogen) atoms. The van der Waals surface area contributed by atoms with Crippen LogP contribution < -0.4 is 10.6 Å². The highest BCUT2D eigenvalue weighted by Gasteiger charge is 2.41. The summed E-state index contributed by atoms with van der Waals surface area (Å²) in [5, 5.41) is 21.4. The molecule has 2 N–H and O–H groups in total. The number of allylic oxidation sites excluding steroid dienone is 3. The molecule has 9 heteroatoms. The number of nitrogens with zero attached hydrogens (tertiary/aromatic N) is 3. The third-order valence-corrected chi connectivity index (χ3v) is 7.92. The zero-order chi connectivity index (χ0) is 22.4. The minimum absolute atomic E-state index is 0.0123. The van der Waals surface area contributed by atoms with E-state index in [0.717, 1.165) is 25.5 Å². The molecule has 0 saturated heterocycles. The van der Waals surface area contributed by atoms with Crippen molar-refractivity contribution in [1.82, 2.24) is 0 Å². The van der Waals surface area contributed by atoms with Crippen molar-refractivity contribution in [3.8, 4) is 6.07 Å². The van der Waals surface area contributed by atoms with Crippen molar-refractivity contribution in [3.63, 3.8) is 0 Å². The molecular formula is C22H19BrN4O3S. The number of halogens is 1. The largest absolute Gasteiger partial charge is 0.384 e. The Bertz CT molecular complexity index is 1220. The van der Waals surface area contributed by atoms with Crippen LogP contribution in [0.1, 0.15) is 40.5 Å². The molecule has 1 aromatic carbocycles. The highest BCUT2D eigenvalue weighted by Crippen LogP contribution is 2.49. The van der Waals surface area contributed by atoms with Gasteiger partial charge < -0.3 is 5.73 Å². The average Bonchev–Trinajstić information content (AvgIpc) is 3.06. The number of nitriles is 1. The Morgan fingerprint density at radius 2 is 2.06 bits per heavy atom. The lowest BCUT2D eigenvalue weighted by molar-refractivity contribution is -0.384. The second-order valence-corrected chi connectivity index (χ2v) is 9.74. The fourth-order valence-corrected chi connectivity index (χ4v) is 5.90. The molecule has 0 saturated carbocycles. The number of benzene rings is 1. The molecule has 0 fully saturated rings. The zero-order valence-electron chi connectivity index (χ0n) is 16.9. The summed E-state index contributed by atoms with van der Waals surface area (Å²) in [5.74, 6) is -0.327. The smallest absolute Gasteiger partial charge is 0.271 e. The van der Waals surface area contributed by atoms with Crippen LogP contribution in [0.3, 0.4) is 0 Å². The Kier molecular flexibility index (Phi) is 5.45. The molecule has 1 aliphatic carbocycles. The van der Waals surface area contributed by atoms with Gasteiger partial charge in [0.15, 0.2) is 5.78 Å². The number of carbonyl (C=O) groups is 1. The third kappa shape index (κ3) is 3.46. The topological polar surface area (TPSA) is 113 Å². The first-order valence-electron chi connectivity index (χ1n) is 9.71. The number of thiophene rings is 1. The number of hydrogen-bond donors (Lipinski definition) is 1. The number of Topliss-reactive ketones (excluding diaryl/α,β-unsaturated/α-hetero) is 1. The normalized spacial score (nSPS) is 18.8. The van der Waals surface area contributed by atoms with E-state index in [2.05, 4.69) is 22.0 Å². The molecule has 158 valence electrons. The van der Waals surface area contributed by atoms with Gasteiger partial charge in [-0.25, -0.2) is 0 Å². The molecule has 0 bridgehead atoms. The second kappa shape index (κ2) is 7.94. The number of anilines is 1. The molecule has 7 nitrogen and oxygen atoms in total. The molecular weight excluding hydrogens is 480 g/mol. The SMILES string of the molecule is Cc1ccc([N+](=O)[O-])cc1N1C(N)=C(C#N)C(c2cc(Br)c(C)s2)C2=C1CCCC2=O. The lowest BCUT2D eigenvalue weighted by Crippen LogP contribution is -2.38. The Balaban J connectivity index is 2.00. The van der Waals surface area contributed by atoms with Gasteiger partial charge in [-0.15, -0.1) is 11.3 Å². The van der Waals surface area contributed by atoms with E-state index < -0.39 is 10.8 Å². The van der Waals surface area contributed by atoms with Gasteiger partial charge in [-0.05, 0) is 54.2 Å². The minimum atomic E-state index is -0.530. The van der Waals surface area contributed by atoms with Crippen LogP contribution >= 0.6 is 27.3 Å². The summed E-state index contributed by atoms with van der Waals surface area (Å²) in [6.07, 6.45) is 1.67. The van der Waals surface area contributed by atoms with Crippen LogP contribution in [0.15, 0.2) is 51.4 Å². The molecule has 1 aromatic heterocycles. The Morgan fingerprint density at radius 1 is 1.32 bits per heavy atom. The summed E-state index contributed by atoms with van der Waals surface area (Å²) in [4.78, 5) is 27.7. The predicted octanol–water partition coefficient (Wildman–Crippen LogP) is 5.34. The van der Waals surface area contributed by atoms with Crippen LogP contribution in [0.25, 0.3) is 0 Å². The first kappa shape index (κ1) is 21.3. The van der Waals surface area contributed by atoms with Crippen LogP contribution in [0.2, 0.25) is 0 Å². The van der Waals surface area contributed by atoms with Crippen LogP contribution in [0, 0.1) is 35.3 Å². The highest BCUT2D eigenvalue weighted by atomic mass is 79.9. The van der Waals surface area contributed by atoms with E-state index in [1.807, 2.05) is 19.9 Å². The van der Waals surface area contributed by atoms with Gasteiger partial charge in [0.25, 0.3) is 5.69 Å². The first-order valence-corrected chi connectivity index (χ1v) is 11.3. The summed E-state index contributed by atoms with van der Waals surface area (Å²) in [6.45, 7) is 3.80. The highest BCUT2D eigenvalue weighted by molar-refractivity contribution is 9.10. The van der Waals surface area contributed by atoms with Gasteiger partial charge in [0.05, 0.1) is 28.2 Å². The van der Waals surface area contributed by atoms with Crippen LogP contribution in [-0.2, 0) is 4.79 Å². The Morgan fingerprint density at radius 3 is 2.68 bits per heavy atom. The molecule has 1 unspecified atom stereocenters. The molecule has 1 atom stereocenters. The van der Waals surface area contributed by atoms with Gasteiger partial charge in [-0.1, -0.05) is 6.07 Å². The van der Waals surface area contributed by atoms with Crippen molar-refractivity contribution in [2.75, 3.05) is 4.90 Å². The van der Waals surface area contributed by atoms with E-state index in [0.29, 0.717) is 30.5 Å². The average molecular weight is 499 g/mol. The number of ketones is 1. The quantitative estimate of drug-likeness (QED) is 0.451. The molecule has 2 aliphatic rings. The number of nitro benzene ring substituents is 1. The van der Waals surface area contributed by atoms with Gasteiger partial charge in [0.1, 0.15) is 5.82 Å². The number of rotatable bonds is 3. The first-order chi connectivity index (χ1) is 14.7. The summed E-state index contributed by atoms with van der Waals surface area (Å²) in [6, 6.07) is 8.71. The van der Waals surface area contributed by atoms with E-state index in [1.54, 1.807) is 11.0 Å². The zero-order valence-corrected chi connectivity index (χ0v) is 19.3. The summed E-state index contributed by atoms with van der Waals surface area (Å²) >= 11 is 5.05. The van der Waals surface area contributed by atoms with Crippen LogP contribution in [0.4, 0.5) is 11.4 Å². The number of hydrogen-bond acceptors (Lipinski definition) is 7. The van der Waals surface area contributed by atoms with E-state index in [1.165, 1.54) is 23.5 Å². The van der Waals surface area contributed by atoms with Crippen molar-refractivity contribution in [2.45, 2.75) is 39.0 Å². The summed E-state index contributed by atoms with van der Waals surface area (Å²) in [5.41, 5.74) is 9.34. The van der Waals surface area contributed by atoms with Crippen molar-refractivity contribution in [3.05, 3.63) is 76.8 Å². The van der Waals surface area contributed by atoms with Crippen molar-refractivity contribution >= 4 is 44.4 Å². The molecule has 2 aromatic rings. The fraction of sp³-hybridized carbons (Fsp3) is 0.273. The van der Waals surface area contributed by atoms with Crippen molar-refractivity contribution in [1.29, 1.82) is 5.26 Å². The molecule has 0 radical (unpaired) electrons. The minimum Gasteiger partial charge on any atom is -0.384 e. The standard InChI is InChI=1S/C22H19BrN4O3S/c1-11-6-7-13(27(29)30)8-17(11)26-16-4-3-5-18(28)21(16)20(14(10-24)22(26)25)19-9-15(23)12(2)31-19/h6-9,20H,3-5,25H2,1-2H3. The maximum Gasteiger partial charge on any atom is 0.271 e. The molecule has 2 heterocycles. The fourth-order valence-electron chi connectivity index (χ4n) is 4.22. The number of carbonyl (C=O) groups excluding carboxylic acids is 1. The number of aryl methyl sites for hydroxylation is 2. The molecule has 0 amide bonds. The van der Waals surface area contributed by atoms with Gasteiger partial charge in [-0.3, -0.25) is 19.8 Å². The summed E-state index contributed by atoms with van der Waals surface area (Å²) < 4.78 is 0.922. The van der Waals surface area contributed by atoms with Gasteiger partial charge in [0.2, 0.25) is 0 Å². The number of nitro groups is 1. The maximum atomic E-state index is 13.1. The summed E-state index contributed by atoms with van der Waals surface area (Å²) in [7, 11) is 0. The Labute approximate surface area is 191 Å².